The maximum Gasteiger partial charge on any atom is 0.164 e. The second-order valence-electron chi connectivity index (χ2n) is 14.4. The Bertz CT molecular complexity index is 3120. The largest absolute Gasteiger partial charge is 0.208 e. The predicted molar refractivity (Wildman–Crippen MR) is 226 cm³/mol. The van der Waals surface area contributed by atoms with Crippen LogP contribution in [0, 0.1) is 0 Å². The summed E-state index contributed by atoms with van der Waals surface area (Å²) in [5.41, 5.74) is 8.28. The standard InChI is InChI=1S/C49H35N3S/c1-5-12-37-40-26-34(22-24-44(40)53-43(37)6-2)48-51-46(30-13-8-7-9-14-30)50-47(52-48)33-21-23-35-31(25-33)19-17-29-18-20-32-27-42-39(28-38(32)45(29)35)36-15-10-11-16-41(36)49(42,3)4/h5-28H,1H2,2-4H3/b37-12-,43-6+. The molecule has 0 amide bonds. The molecule has 0 bridgehead atoms. The highest BCUT2D eigenvalue weighted by Crippen LogP contribution is 2.50. The van der Waals surface area contributed by atoms with E-state index in [1.165, 1.54) is 69.0 Å². The van der Waals surface area contributed by atoms with E-state index in [4.69, 9.17) is 15.0 Å². The number of hydrogen-bond acceptors (Lipinski definition) is 4. The summed E-state index contributed by atoms with van der Waals surface area (Å²) in [6, 6.07) is 46.1. The van der Waals surface area contributed by atoms with Crippen LogP contribution in [-0.4, -0.2) is 15.0 Å². The van der Waals surface area contributed by atoms with Gasteiger partial charge in [0.2, 0.25) is 0 Å². The van der Waals surface area contributed by atoms with Crippen LogP contribution in [0.5, 0.6) is 0 Å². The van der Waals surface area contributed by atoms with Gasteiger partial charge in [-0.05, 0) is 103 Å². The van der Waals surface area contributed by atoms with Crippen LogP contribution >= 0.6 is 11.3 Å². The fraction of sp³-hybridized carbons (Fsp3) is 0.0816. The van der Waals surface area contributed by atoms with Gasteiger partial charge in [0, 0.05) is 36.7 Å². The van der Waals surface area contributed by atoms with Crippen molar-refractivity contribution in [2.75, 3.05) is 0 Å². The van der Waals surface area contributed by atoms with Crippen LogP contribution in [-0.2, 0) is 5.41 Å². The molecule has 2 aromatic heterocycles. The van der Waals surface area contributed by atoms with E-state index in [1.807, 2.05) is 24.3 Å². The average Bonchev–Trinajstić information content (AvgIpc) is 3.67. The van der Waals surface area contributed by atoms with Crippen molar-refractivity contribution in [3.05, 3.63) is 161 Å². The number of nitrogens with zero attached hydrogens (tertiary/aromatic N) is 3. The van der Waals surface area contributed by atoms with Crippen molar-refractivity contribution < 1.29 is 0 Å². The van der Waals surface area contributed by atoms with E-state index in [0.29, 0.717) is 17.5 Å². The summed E-state index contributed by atoms with van der Waals surface area (Å²) in [7, 11) is 0. The quantitative estimate of drug-likeness (QED) is 0.172. The van der Waals surface area contributed by atoms with Gasteiger partial charge < -0.3 is 0 Å². The van der Waals surface area contributed by atoms with E-state index in [0.717, 1.165) is 22.1 Å². The molecule has 1 aliphatic carbocycles. The number of allylic oxidation sites excluding steroid dienone is 1. The number of fused-ring (bicyclic) bond motifs is 9. The van der Waals surface area contributed by atoms with Crippen LogP contribution in [0.3, 0.4) is 0 Å². The average molecular weight is 698 g/mol. The molecule has 2 heterocycles. The molecular formula is C49H35N3S. The fourth-order valence-corrected chi connectivity index (χ4v) is 9.41. The minimum atomic E-state index is -0.0381. The smallest absolute Gasteiger partial charge is 0.164 e. The van der Waals surface area contributed by atoms with Crippen molar-refractivity contribution in [2.45, 2.75) is 26.2 Å². The van der Waals surface area contributed by atoms with Gasteiger partial charge in [0.15, 0.2) is 17.5 Å². The molecule has 0 spiro atoms. The monoisotopic (exact) mass is 697 g/mol. The Morgan fingerprint density at radius 3 is 1.98 bits per heavy atom. The Labute approximate surface area is 312 Å². The summed E-state index contributed by atoms with van der Waals surface area (Å²) < 4.78 is 2.45. The van der Waals surface area contributed by atoms with Crippen LogP contribution < -0.4 is 9.75 Å². The van der Waals surface area contributed by atoms with Crippen LogP contribution in [0.4, 0.5) is 0 Å². The van der Waals surface area contributed by atoms with Crippen molar-refractivity contribution in [3.63, 3.8) is 0 Å². The molecule has 4 heteroatoms. The molecule has 1 aliphatic rings. The number of rotatable bonds is 4. The maximum atomic E-state index is 5.15. The number of thiophene rings is 1. The van der Waals surface area contributed by atoms with Crippen molar-refractivity contribution in [3.8, 4) is 45.3 Å². The van der Waals surface area contributed by atoms with Crippen molar-refractivity contribution >= 4 is 65.9 Å². The molecule has 7 aromatic carbocycles. The zero-order chi connectivity index (χ0) is 35.8. The predicted octanol–water partition coefficient (Wildman–Crippen LogP) is 11.6. The highest BCUT2D eigenvalue weighted by molar-refractivity contribution is 7.17. The highest BCUT2D eigenvalue weighted by atomic mass is 32.1. The van der Waals surface area contributed by atoms with Gasteiger partial charge in [0.05, 0.1) is 0 Å². The van der Waals surface area contributed by atoms with Gasteiger partial charge in [0.1, 0.15) is 0 Å². The Balaban J connectivity index is 1.16. The number of benzene rings is 7. The molecule has 0 saturated heterocycles. The summed E-state index contributed by atoms with van der Waals surface area (Å²) in [6.45, 7) is 10.7. The van der Waals surface area contributed by atoms with E-state index in [9.17, 15) is 0 Å². The minimum absolute atomic E-state index is 0.0381. The van der Waals surface area contributed by atoms with Crippen LogP contribution in [0.1, 0.15) is 31.9 Å². The van der Waals surface area contributed by atoms with E-state index in [2.05, 4.69) is 149 Å². The summed E-state index contributed by atoms with van der Waals surface area (Å²) in [4.78, 5) is 15.3. The van der Waals surface area contributed by atoms with E-state index < -0.39 is 0 Å². The SMILES string of the molecule is C=C/C=c1\c(=C/C)sc2ccc(-c3nc(-c4ccccc4)nc(-c4ccc5c(ccc6ccc7cc8c(cc7c65)-c5ccccc5C8(C)C)c4)n3)cc12. The fourth-order valence-electron chi connectivity index (χ4n) is 8.35. The first-order chi connectivity index (χ1) is 25.9. The molecular weight excluding hydrogens is 663 g/mol. The second kappa shape index (κ2) is 11.9. The Morgan fingerprint density at radius 1 is 0.566 bits per heavy atom. The van der Waals surface area contributed by atoms with Crippen molar-refractivity contribution in [2.24, 2.45) is 0 Å². The summed E-state index contributed by atoms with van der Waals surface area (Å²) in [5.74, 6) is 1.95. The molecule has 0 fully saturated rings. The van der Waals surface area contributed by atoms with Gasteiger partial charge >= 0.3 is 0 Å². The van der Waals surface area contributed by atoms with Crippen molar-refractivity contribution in [1.82, 2.24) is 15.0 Å². The third-order valence-corrected chi connectivity index (χ3v) is 12.3. The van der Waals surface area contributed by atoms with Crippen LogP contribution in [0.25, 0.3) is 99.8 Å². The first kappa shape index (κ1) is 31.5. The summed E-state index contributed by atoms with van der Waals surface area (Å²) in [6.07, 6.45) is 6.10. The molecule has 0 saturated carbocycles. The summed E-state index contributed by atoms with van der Waals surface area (Å²) in [5, 5.41) is 9.78. The molecule has 0 unspecified atom stereocenters. The van der Waals surface area contributed by atoms with E-state index in [1.54, 1.807) is 11.3 Å². The van der Waals surface area contributed by atoms with Gasteiger partial charge in [-0.25, -0.2) is 15.0 Å². The number of aromatic nitrogens is 3. The molecule has 10 rings (SSSR count). The molecule has 9 aromatic rings. The first-order valence-electron chi connectivity index (χ1n) is 18.1. The van der Waals surface area contributed by atoms with E-state index >= 15 is 0 Å². The lowest BCUT2D eigenvalue weighted by molar-refractivity contribution is 0.661. The topological polar surface area (TPSA) is 38.7 Å². The Hall–Kier alpha value is -6.23. The van der Waals surface area contributed by atoms with Gasteiger partial charge in [-0.3, -0.25) is 0 Å². The van der Waals surface area contributed by atoms with Gasteiger partial charge in [0.25, 0.3) is 0 Å². The van der Waals surface area contributed by atoms with Gasteiger partial charge in [-0.2, -0.15) is 0 Å². The lowest BCUT2D eigenvalue weighted by Crippen LogP contribution is -2.17. The summed E-state index contributed by atoms with van der Waals surface area (Å²) >= 11 is 1.78. The molecule has 53 heavy (non-hydrogen) atoms. The minimum Gasteiger partial charge on any atom is -0.208 e. The zero-order valence-electron chi connectivity index (χ0n) is 29.8. The lowest BCUT2D eigenvalue weighted by Gasteiger charge is -2.22. The van der Waals surface area contributed by atoms with Gasteiger partial charge in [-0.1, -0.05) is 130 Å². The zero-order valence-corrected chi connectivity index (χ0v) is 30.6. The third kappa shape index (κ3) is 4.90. The Kier molecular flexibility index (Phi) is 7.08. The molecule has 0 atom stereocenters. The second-order valence-corrected chi connectivity index (χ2v) is 15.5. The lowest BCUT2D eigenvalue weighted by atomic mass is 9.81. The van der Waals surface area contributed by atoms with Crippen LogP contribution in [0.2, 0.25) is 0 Å². The first-order valence-corrected chi connectivity index (χ1v) is 18.9. The van der Waals surface area contributed by atoms with Crippen LogP contribution in [0.15, 0.2) is 140 Å². The van der Waals surface area contributed by atoms with Gasteiger partial charge in [-0.15, -0.1) is 11.3 Å². The molecule has 252 valence electrons. The Morgan fingerprint density at radius 2 is 1.23 bits per heavy atom. The molecule has 0 N–H and O–H groups in total. The maximum absolute atomic E-state index is 5.15. The number of hydrogen-bond donors (Lipinski definition) is 0. The molecule has 0 radical (unpaired) electrons. The molecule has 0 aliphatic heterocycles. The van der Waals surface area contributed by atoms with E-state index in [-0.39, 0.29) is 5.41 Å². The third-order valence-electron chi connectivity index (χ3n) is 11.0. The molecule has 3 nitrogen and oxygen atoms in total. The van der Waals surface area contributed by atoms with Crippen molar-refractivity contribution in [1.29, 1.82) is 0 Å². The normalized spacial score (nSPS) is 14.0. The highest BCUT2D eigenvalue weighted by Gasteiger charge is 2.35.